The van der Waals surface area contributed by atoms with Crippen LogP contribution in [0.5, 0.6) is 5.75 Å². The van der Waals surface area contributed by atoms with E-state index < -0.39 is 6.10 Å². The van der Waals surface area contributed by atoms with E-state index in [1.165, 1.54) is 0 Å². The van der Waals surface area contributed by atoms with Crippen LogP contribution in [0, 0.1) is 5.92 Å². The van der Waals surface area contributed by atoms with Gasteiger partial charge in [0.2, 0.25) is 0 Å². The first-order chi connectivity index (χ1) is 10.7. The van der Waals surface area contributed by atoms with Gasteiger partial charge in [-0.1, -0.05) is 6.08 Å². The number of aliphatic hydroxyl groups excluding tert-OH is 1. The Labute approximate surface area is 130 Å². The highest BCUT2D eigenvalue weighted by Gasteiger charge is 2.30. The summed E-state index contributed by atoms with van der Waals surface area (Å²) in [5, 5.41) is 15.3. The number of fused-ring (bicyclic) bond motifs is 1. The Morgan fingerprint density at radius 1 is 1.45 bits per heavy atom. The Balaban J connectivity index is 2.02. The molecule has 0 radical (unpaired) electrons. The van der Waals surface area contributed by atoms with Crippen LogP contribution in [0.15, 0.2) is 43.1 Å². The molecule has 22 heavy (non-hydrogen) atoms. The number of benzene rings is 1. The van der Waals surface area contributed by atoms with E-state index in [1.807, 2.05) is 30.3 Å². The Morgan fingerprint density at radius 3 is 3.09 bits per heavy atom. The van der Waals surface area contributed by atoms with Crippen LogP contribution < -0.4 is 10.1 Å². The molecule has 1 fully saturated rings. The average Bonchev–Trinajstić information content (AvgIpc) is 2.60. The number of aliphatic hydroxyl groups is 1. The highest BCUT2D eigenvalue weighted by molar-refractivity contribution is 5.83. The third-order valence-electron chi connectivity index (χ3n) is 4.50. The van der Waals surface area contributed by atoms with Crippen LogP contribution in [0.4, 0.5) is 0 Å². The van der Waals surface area contributed by atoms with Gasteiger partial charge in [0.1, 0.15) is 5.75 Å². The molecule has 0 aliphatic carbocycles. The quantitative estimate of drug-likeness (QED) is 0.852. The van der Waals surface area contributed by atoms with Crippen LogP contribution in [-0.4, -0.2) is 29.8 Å². The number of hydrogen-bond acceptors (Lipinski definition) is 4. The second-order valence-electron chi connectivity index (χ2n) is 5.75. The molecule has 1 saturated heterocycles. The number of piperidine rings is 1. The lowest BCUT2D eigenvalue weighted by atomic mass is 9.84. The number of nitrogens with one attached hydrogen (secondary N) is 1. The number of aromatic nitrogens is 1. The fourth-order valence-electron chi connectivity index (χ4n) is 3.27. The predicted molar refractivity (Wildman–Crippen MR) is 88.0 cm³/mol. The Morgan fingerprint density at radius 2 is 2.32 bits per heavy atom. The maximum absolute atomic E-state index is 10.9. The number of hydrogen-bond donors (Lipinski definition) is 2. The van der Waals surface area contributed by atoms with Gasteiger partial charge in [-0.25, -0.2) is 0 Å². The fraction of sp³-hybridized carbons (Fsp3) is 0.389. The summed E-state index contributed by atoms with van der Waals surface area (Å²) in [7, 11) is 1.64. The summed E-state index contributed by atoms with van der Waals surface area (Å²) in [6, 6.07) is 7.62. The van der Waals surface area contributed by atoms with Gasteiger partial charge in [0.25, 0.3) is 0 Å². The standard InChI is InChI=1S/C18H22N2O2/c1-3-12-5-4-9-20-17(12)18(21)14-8-10-19-16-7-6-13(22-2)11-15(14)16/h3,6-8,10-12,17-18,20-21H,1,4-5,9H2,2H3/t12?,17-,18+/m1/s1. The second-order valence-corrected chi connectivity index (χ2v) is 5.75. The molecule has 0 saturated carbocycles. The van der Waals surface area contributed by atoms with Crippen molar-refractivity contribution in [3.63, 3.8) is 0 Å². The van der Waals surface area contributed by atoms with Crippen molar-refractivity contribution in [2.75, 3.05) is 13.7 Å². The molecule has 3 rings (SSSR count). The summed E-state index contributed by atoms with van der Waals surface area (Å²) in [4.78, 5) is 4.38. The number of rotatable bonds is 4. The molecular weight excluding hydrogens is 276 g/mol. The Bertz CT molecular complexity index is 671. The summed E-state index contributed by atoms with van der Waals surface area (Å²) in [6.07, 6.45) is 5.28. The van der Waals surface area contributed by atoms with Gasteiger partial charge in [-0.2, -0.15) is 0 Å². The van der Waals surface area contributed by atoms with E-state index in [0.29, 0.717) is 0 Å². The van der Waals surface area contributed by atoms with Crippen molar-refractivity contribution in [2.24, 2.45) is 5.92 Å². The molecule has 2 aromatic rings. The molecule has 4 heteroatoms. The van der Waals surface area contributed by atoms with Crippen molar-refractivity contribution in [1.82, 2.24) is 10.3 Å². The van der Waals surface area contributed by atoms with Gasteiger partial charge >= 0.3 is 0 Å². The first kappa shape index (κ1) is 15.0. The maximum Gasteiger partial charge on any atom is 0.119 e. The largest absolute Gasteiger partial charge is 0.497 e. The van der Waals surface area contributed by atoms with E-state index >= 15 is 0 Å². The monoisotopic (exact) mass is 298 g/mol. The highest BCUT2D eigenvalue weighted by Crippen LogP contribution is 2.32. The fourth-order valence-corrected chi connectivity index (χ4v) is 3.27. The molecule has 1 unspecified atom stereocenters. The zero-order chi connectivity index (χ0) is 15.5. The smallest absolute Gasteiger partial charge is 0.119 e. The zero-order valence-electron chi connectivity index (χ0n) is 12.8. The average molecular weight is 298 g/mol. The molecule has 2 N–H and O–H groups in total. The maximum atomic E-state index is 10.9. The molecule has 3 atom stereocenters. The van der Waals surface area contributed by atoms with E-state index in [-0.39, 0.29) is 12.0 Å². The highest BCUT2D eigenvalue weighted by atomic mass is 16.5. The second kappa shape index (κ2) is 6.46. The van der Waals surface area contributed by atoms with Gasteiger partial charge in [-0.15, -0.1) is 6.58 Å². The lowest BCUT2D eigenvalue weighted by Crippen LogP contribution is -2.44. The number of ether oxygens (including phenoxy) is 1. The van der Waals surface area contributed by atoms with E-state index in [2.05, 4.69) is 16.9 Å². The molecule has 1 aliphatic rings. The number of methoxy groups -OCH3 is 1. The van der Waals surface area contributed by atoms with Gasteiger partial charge < -0.3 is 15.2 Å². The van der Waals surface area contributed by atoms with E-state index in [9.17, 15) is 5.11 Å². The lowest BCUT2D eigenvalue weighted by Gasteiger charge is -2.34. The van der Waals surface area contributed by atoms with Crippen LogP contribution in [0.25, 0.3) is 10.9 Å². The van der Waals surface area contributed by atoms with Crippen molar-refractivity contribution in [2.45, 2.75) is 25.0 Å². The molecule has 2 heterocycles. The van der Waals surface area contributed by atoms with Gasteiger partial charge in [0, 0.05) is 17.6 Å². The molecule has 4 nitrogen and oxygen atoms in total. The SMILES string of the molecule is C=CC1CCCN[C@H]1[C@@H](O)c1ccnc2ccc(OC)cc12. The predicted octanol–water partition coefficient (Wildman–Crippen LogP) is 2.83. The molecular formula is C18H22N2O2. The molecule has 116 valence electrons. The van der Waals surface area contributed by atoms with Crippen LogP contribution in [0.3, 0.4) is 0 Å². The van der Waals surface area contributed by atoms with Crippen molar-refractivity contribution >= 4 is 10.9 Å². The van der Waals surface area contributed by atoms with Gasteiger partial charge in [-0.05, 0) is 55.1 Å². The lowest BCUT2D eigenvalue weighted by molar-refractivity contribution is 0.0950. The molecule has 0 spiro atoms. The first-order valence-electron chi connectivity index (χ1n) is 7.71. The van der Waals surface area contributed by atoms with Crippen LogP contribution in [0.2, 0.25) is 0 Å². The topological polar surface area (TPSA) is 54.4 Å². The van der Waals surface area contributed by atoms with Gasteiger partial charge in [0.05, 0.1) is 18.7 Å². The molecule has 1 aliphatic heterocycles. The van der Waals surface area contributed by atoms with Gasteiger partial charge in [-0.3, -0.25) is 4.98 Å². The third kappa shape index (κ3) is 2.72. The summed E-state index contributed by atoms with van der Waals surface area (Å²) >= 11 is 0. The van der Waals surface area contributed by atoms with E-state index in [0.717, 1.165) is 41.6 Å². The normalized spacial score (nSPS) is 23.2. The third-order valence-corrected chi connectivity index (χ3v) is 4.50. The summed E-state index contributed by atoms with van der Waals surface area (Å²) < 4.78 is 5.30. The van der Waals surface area contributed by atoms with E-state index in [4.69, 9.17) is 4.74 Å². The summed E-state index contributed by atoms with van der Waals surface area (Å²) in [5.74, 6) is 1.04. The van der Waals surface area contributed by atoms with E-state index in [1.54, 1.807) is 13.3 Å². The Kier molecular flexibility index (Phi) is 4.41. The first-order valence-corrected chi connectivity index (χ1v) is 7.71. The van der Waals surface area contributed by atoms with Crippen molar-refractivity contribution in [1.29, 1.82) is 0 Å². The number of pyridine rings is 1. The molecule has 0 amide bonds. The van der Waals surface area contributed by atoms with Crippen LogP contribution in [-0.2, 0) is 0 Å². The summed E-state index contributed by atoms with van der Waals surface area (Å²) in [6.45, 7) is 4.85. The minimum absolute atomic E-state index is 0.0111. The van der Waals surface area contributed by atoms with Crippen molar-refractivity contribution in [3.8, 4) is 5.75 Å². The zero-order valence-corrected chi connectivity index (χ0v) is 12.8. The minimum atomic E-state index is -0.596. The molecule has 0 bridgehead atoms. The van der Waals surface area contributed by atoms with Crippen LogP contribution >= 0.6 is 0 Å². The van der Waals surface area contributed by atoms with Crippen LogP contribution in [0.1, 0.15) is 24.5 Å². The Hall–Kier alpha value is -1.91. The molecule has 1 aromatic carbocycles. The molecule has 1 aromatic heterocycles. The number of nitrogens with zero attached hydrogens (tertiary/aromatic N) is 1. The van der Waals surface area contributed by atoms with Crippen molar-refractivity contribution in [3.05, 3.63) is 48.7 Å². The minimum Gasteiger partial charge on any atom is -0.497 e. The summed E-state index contributed by atoms with van der Waals surface area (Å²) in [5.41, 5.74) is 1.75. The van der Waals surface area contributed by atoms with Gasteiger partial charge in [0.15, 0.2) is 0 Å². The van der Waals surface area contributed by atoms with Crippen molar-refractivity contribution < 1.29 is 9.84 Å².